The Hall–Kier alpha value is -0.900. The second kappa shape index (κ2) is 6.07. The van der Waals surface area contributed by atoms with E-state index in [1.165, 1.54) is 49.9 Å². The Morgan fingerprint density at radius 3 is 2.90 bits per heavy atom. The van der Waals surface area contributed by atoms with Crippen molar-refractivity contribution in [2.45, 2.75) is 50.7 Å². The van der Waals surface area contributed by atoms with Crippen molar-refractivity contribution in [2.75, 3.05) is 26.7 Å². The fourth-order valence-corrected chi connectivity index (χ4v) is 4.21. The molecule has 2 fully saturated rings. The van der Waals surface area contributed by atoms with Gasteiger partial charge in [-0.2, -0.15) is 0 Å². The number of likely N-dealkylation sites (N-methyl/N-ethyl adjacent to an activating group) is 1. The Morgan fingerprint density at radius 2 is 2.14 bits per heavy atom. The molecule has 2 aliphatic rings. The van der Waals surface area contributed by atoms with Crippen LogP contribution >= 0.6 is 0 Å². The summed E-state index contributed by atoms with van der Waals surface area (Å²) in [4.78, 5) is 5.21. The van der Waals surface area contributed by atoms with E-state index in [2.05, 4.69) is 48.0 Å². The summed E-state index contributed by atoms with van der Waals surface area (Å²) in [5, 5.41) is 0. The lowest BCUT2D eigenvalue weighted by molar-refractivity contribution is 0.0219. The molecule has 0 aromatic heterocycles. The first-order valence-electron chi connectivity index (χ1n) is 8.34. The number of piperidine rings is 1. The van der Waals surface area contributed by atoms with Gasteiger partial charge in [-0.1, -0.05) is 24.3 Å². The molecule has 116 valence electrons. The van der Waals surface area contributed by atoms with Crippen molar-refractivity contribution in [1.29, 1.82) is 0 Å². The van der Waals surface area contributed by atoms with Crippen LogP contribution < -0.4 is 5.73 Å². The predicted molar refractivity (Wildman–Crippen MR) is 88.3 cm³/mol. The van der Waals surface area contributed by atoms with Crippen LogP contribution in [0.3, 0.4) is 0 Å². The van der Waals surface area contributed by atoms with E-state index in [4.69, 9.17) is 5.73 Å². The fraction of sp³-hybridized carbons (Fsp3) is 0.667. The quantitative estimate of drug-likeness (QED) is 0.923. The maximum Gasteiger partial charge on any atom is 0.0359 e. The van der Waals surface area contributed by atoms with Gasteiger partial charge in [0.15, 0.2) is 0 Å². The third-order valence-electron chi connectivity index (χ3n) is 5.84. The van der Waals surface area contributed by atoms with Crippen LogP contribution in [-0.4, -0.2) is 48.1 Å². The molecule has 1 aromatic carbocycles. The van der Waals surface area contributed by atoms with E-state index in [9.17, 15) is 0 Å². The standard InChI is InChI=1S/C18H29N3/c1-15-6-3-4-7-16(15)13-20(2)18(14-19)9-11-21-10-5-8-17(21)12-18/h3-4,6-7,17H,5,8-14,19H2,1-2H3. The van der Waals surface area contributed by atoms with E-state index in [0.717, 1.165) is 19.1 Å². The van der Waals surface area contributed by atoms with Gasteiger partial charge in [0.05, 0.1) is 0 Å². The third-order valence-corrected chi connectivity index (χ3v) is 5.84. The lowest BCUT2D eigenvalue weighted by atomic mass is 9.81. The summed E-state index contributed by atoms with van der Waals surface area (Å²) < 4.78 is 0. The Labute approximate surface area is 129 Å². The van der Waals surface area contributed by atoms with E-state index in [1.54, 1.807) is 0 Å². The molecule has 0 saturated carbocycles. The highest BCUT2D eigenvalue weighted by Gasteiger charge is 2.43. The topological polar surface area (TPSA) is 32.5 Å². The molecule has 2 unspecified atom stereocenters. The average Bonchev–Trinajstić information content (AvgIpc) is 2.96. The molecule has 2 aliphatic heterocycles. The molecule has 1 aromatic rings. The first kappa shape index (κ1) is 15.0. The van der Waals surface area contributed by atoms with Crippen molar-refractivity contribution in [3.8, 4) is 0 Å². The van der Waals surface area contributed by atoms with Crippen molar-refractivity contribution in [3.05, 3.63) is 35.4 Å². The summed E-state index contributed by atoms with van der Waals surface area (Å²) in [6.45, 7) is 6.51. The molecule has 3 rings (SSSR count). The largest absolute Gasteiger partial charge is 0.329 e. The van der Waals surface area contributed by atoms with Gasteiger partial charge >= 0.3 is 0 Å². The van der Waals surface area contributed by atoms with Crippen LogP contribution in [0.15, 0.2) is 24.3 Å². The van der Waals surface area contributed by atoms with Gasteiger partial charge < -0.3 is 10.6 Å². The average molecular weight is 287 g/mol. The van der Waals surface area contributed by atoms with Gasteiger partial charge in [0.2, 0.25) is 0 Å². The third kappa shape index (κ3) is 2.87. The van der Waals surface area contributed by atoms with E-state index in [-0.39, 0.29) is 5.54 Å². The van der Waals surface area contributed by atoms with Crippen LogP contribution in [0.2, 0.25) is 0 Å². The normalized spacial score (nSPS) is 29.8. The zero-order valence-electron chi connectivity index (χ0n) is 13.5. The second-order valence-electron chi connectivity index (χ2n) is 7.00. The molecular formula is C18H29N3. The smallest absolute Gasteiger partial charge is 0.0359 e. The predicted octanol–water partition coefficient (Wildman–Crippen LogP) is 2.38. The highest BCUT2D eigenvalue weighted by atomic mass is 15.3. The summed E-state index contributed by atoms with van der Waals surface area (Å²) >= 11 is 0. The summed E-state index contributed by atoms with van der Waals surface area (Å²) in [6, 6.07) is 9.49. The highest BCUT2D eigenvalue weighted by molar-refractivity contribution is 5.25. The minimum Gasteiger partial charge on any atom is -0.329 e. The lowest BCUT2D eigenvalue weighted by Crippen LogP contribution is -2.59. The first-order chi connectivity index (χ1) is 10.1. The molecule has 2 heterocycles. The van der Waals surface area contributed by atoms with Crippen LogP contribution in [0.4, 0.5) is 0 Å². The van der Waals surface area contributed by atoms with Gasteiger partial charge in [-0.05, 0) is 57.3 Å². The number of rotatable bonds is 4. The number of benzene rings is 1. The molecule has 0 aliphatic carbocycles. The van der Waals surface area contributed by atoms with Crippen molar-refractivity contribution in [3.63, 3.8) is 0 Å². The van der Waals surface area contributed by atoms with E-state index in [1.807, 2.05) is 0 Å². The molecule has 3 nitrogen and oxygen atoms in total. The van der Waals surface area contributed by atoms with E-state index in [0.29, 0.717) is 0 Å². The Kier molecular flexibility index (Phi) is 4.34. The zero-order valence-corrected chi connectivity index (χ0v) is 13.5. The van der Waals surface area contributed by atoms with Gasteiger partial charge in [-0.15, -0.1) is 0 Å². The molecule has 0 amide bonds. The fourth-order valence-electron chi connectivity index (χ4n) is 4.21. The van der Waals surface area contributed by atoms with Gasteiger partial charge in [0.25, 0.3) is 0 Å². The van der Waals surface area contributed by atoms with Crippen LogP contribution in [0, 0.1) is 6.92 Å². The summed E-state index contributed by atoms with van der Waals surface area (Å²) in [5.41, 5.74) is 9.26. The van der Waals surface area contributed by atoms with E-state index < -0.39 is 0 Å². The van der Waals surface area contributed by atoms with Crippen LogP contribution in [0.1, 0.15) is 36.8 Å². The number of aryl methyl sites for hydroxylation is 1. The molecule has 0 spiro atoms. The van der Waals surface area contributed by atoms with Crippen LogP contribution in [0.5, 0.6) is 0 Å². The van der Waals surface area contributed by atoms with E-state index >= 15 is 0 Å². The number of nitrogens with zero attached hydrogens (tertiary/aromatic N) is 2. The van der Waals surface area contributed by atoms with Crippen molar-refractivity contribution in [2.24, 2.45) is 5.73 Å². The molecule has 3 heteroatoms. The Morgan fingerprint density at radius 1 is 1.33 bits per heavy atom. The molecule has 0 bridgehead atoms. The maximum atomic E-state index is 6.25. The van der Waals surface area contributed by atoms with Gasteiger partial charge in [0.1, 0.15) is 0 Å². The molecule has 21 heavy (non-hydrogen) atoms. The molecule has 2 saturated heterocycles. The van der Waals surface area contributed by atoms with Crippen molar-refractivity contribution >= 4 is 0 Å². The highest BCUT2D eigenvalue weighted by Crippen LogP contribution is 2.36. The monoisotopic (exact) mass is 287 g/mol. The Balaban J connectivity index is 1.74. The van der Waals surface area contributed by atoms with Gasteiger partial charge in [-0.3, -0.25) is 4.90 Å². The second-order valence-corrected chi connectivity index (χ2v) is 7.00. The molecule has 2 N–H and O–H groups in total. The van der Waals surface area contributed by atoms with Crippen molar-refractivity contribution in [1.82, 2.24) is 9.80 Å². The Bertz CT molecular complexity index is 487. The number of hydrogen-bond donors (Lipinski definition) is 1. The van der Waals surface area contributed by atoms with Gasteiger partial charge in [0, 0.05) is 31.2 Å². The van der Waals surface area contributed by atoms with Crippen molar-refractivity contribution < 1.29 is 0 Å². The first-order valence-corrected chi connectivity index (χ1v) is 8.34. The summed E-state index contributed by atoms with van der Waals surface area (Å²) in [6.07, 6.45) is 5.18. The van der Waals surface area contributed by atoms with Gasteiger partial charge in [-0.25, -0.2) is 0 Å². The van der Waals surface area contributed by atoms with Crippen LogP contribution in [-0.2, 0) is 6.54 Å². The summed E-state index contributed by atoms with van der Waals surface area (Å²) in [5.74, 6) is 0. The number of hydrogen-bond acceptors (Lipinski definition) is 3. The minimum atomic E-state index is 0.188. The molecule has 0 radical (unpaired) electrons. The number of fused-ring (bicyclic) bond motifs is 1. The molecular weight excluding hydrogens is 258 g/mol. The maximum absolute atomic E-state index is 6.25. The minimum absolute atomic E-state index is 0.188. The SMILES string of the molecule is Cc1ccccc1CN(C)C1(CN)CCN2CCCC2C1. The lowest BCUT2D eigenvalue weighted by Gasteiger charge is -2.49. The van der Waals surface area contributed by atoms with Crippen LogP contribution in [0.25, 0.3) is 0 Å². The number of nitrogens with two attached hydrogens (primary N) is 1. The molecule has 2 atom stereocenters. The summed E-state index contributed by atoms with van der Waals surface area (Å²) in [7, 11) is 2.27. The zero-order chi connectivity index (χ0) is 14.9.